The van der Waals surface area contributed by atoms with Gasteiger partial charge in [0.2, 0.25) is 0 Å². The van der Waals surface area contributed by atoms with Gasteiger partial charge < -0.3 is 5.11 Å². The second-order valence-electron chi connectivity index (χ2n) is 3.16. The minimum absolute atomic E-state index is 0.0920. The molecule has 1 heterocycles. The predicted octanol–water partition coefficient (Wildman–Crippen LogP) is 1.90. The molecule has 0 aromatic heterocycles. The molecule has 0 saturated carbocycles. The van der Waals surface area contributed by atoms with E-state index in [2.05, 4.69) is 11.8 Å². The van der Waals surface area contributed by atoms with Gasteiger partial charge in [0.05, 0.1) is 6.10 Å². The molecule has 0 spiro atoms. The van der Waals surface area contributed by atoms with Crippen molar-refractivity contribution in [2.45, 2.75) is 32.3 Å². The van der Waals surface area contributed by atoms with Crippen molar-refractivity contribution in [3.05, 3.63) is 0 Å². The third kappa shape index (κ3) is 2.93. The van der Waals surface area contributed by atoms with E-state index in [0.29, 0.717) is 0 Å². The summed E-state index contributed by atoms with van der Waals surface area (Å²) in [6.07, 6.45) is 3.50. The fourth-order valence-corrected chi connectivity index (χ4v) is 2.62. The summed E-state index contributed by atoms with van der Waals surface area (Å²) in [6.45, 7) is 1.88. The second kappa shape index (κ2) is 4.24. The first-order valence-corrected chi connectivity index (χ1v) is 5.20. The first-order chi connectivity index (χ1) is 4.79. The van der Waals surface area contributed by atoms with Gasteiger partial charge in [0, 0.05) is 0 Å². The smallest absolute Gasteiger partial charge is 0.0512 e. The second-order valence-corrected chi connectivity index (χ2v) is 4.31. The van der Waals surface area contributed by atoms with Crippen LogP contribution in [0.5, 0.6) is 0 Å². The average Bonchev–Trinajstić information content (AvgIpc) is 2.34. The maximum Gasteiger partial charge on any atom is 0.0512 e. The number of hydrogen-bond donors (Lipinski definition) is 1. The van der Waals surface area contributed by atoms with Crippen LogP contribution < -0.4 is 0 Å². The van der Waals surface area contributed by atoms with Crippen molar-refractivity contribution in [2.24, 2.45) is 5.92 Å². The lowest BCUT2D eigenvalue weighted by atomic mass is 10.0. The Balaban J connectivity index is 2.01. The molecule has 0 amide bonds. The minimum atomic E-state index is -0.0920. The molecular formula is C8H16OS. The van der Waals surface area contributed by atoms with Crippen molar-refractivity contribution in [3.63, 3.8) is 0 Å². The van der Waals surface area contributed by atoms with Crippen molar-refractivity contribution in [2.75, 3.05) is 11.5 Å². The summed E-state index contributed by atoms with van der Waals surface area (Å²) in [5.74, 6) is 3.57. The van der Waals surface area contributed by atoms with Gasteiger partial charge in [-0.2, -0.15) is 11.8 Å². The molecule has 0 aromatic carbocycles. The van der Waals surface area contributed by atoms with Crippen molar-refractivity contribution >= 4 is 11.8 Å². The maximum absolute atomic E-state index is 9.01. The van der Waals surface area contributed by atoms with Crippen LogP contribution in [0.4, 0.5) is 0 Å². The van der Waals surface area contributed by atoms with Gasteiger partial charge in [0.15, 0.2) is 0 Å². The van der Waals surface area contributed by atoms with Gasteiger partial charge in [-0.15, -0.1) is 0 Å². The Morgan fingerprint density at radius 1 is 1.70 bits per heavy atom. The molecule has 1 rings (SSSR count). The molecule has 0 radical (unpaired) electrons. The standard InChI is InChI=1S/C8H16OS/c1-7(9)2-3-8-4-5-10-6-8/h7-9H,2-6H2,1H3. The van der Waals surface area contributed by atoms with Crippen LogP contribution in [0.15, 0.2) is 0 Å². The zero-order valence-electron chi connectivity index (χ0n) is 6.55. The van der Waals surface area contributed by atoms with Crippen LogP contribution in [0, 0.1) is 5.92 Å². The molecule has 10 heavy (non-hydrogen) atoms. The molecule has 1 saturated heterocycles. The topological polar surface area (TPSA) is 20.2 Å². The largest absolute Gasteiger partial charge is 0.393 e. The highest BCUT2D eigenvalue weighted by atomic mass is 32.2. The fraction of sp³-hybridized carbons (Fsp3) is 1.00. The Morgan fingerprint density at radius 3 is 3.00 bits per heavy atom. The van der Waals surface area contributed by atoms with E-state index in [0.717, 1.165) is 12.3 Å². The Bertz CT molecular complexity index is 87.3. The molecule has 60 valence electrons. The zero-order valence-corrected chi connectivity index (χ0v) is 7.36. The molecule has 2 heteroatoms. The summed E-state index contributed by atoms with van der Waals surface area (Å²) in [6, 6.07) is 0. The summed E-state index contributed by atoms with van der Waals surface area (Å²) in [7, 11) is 0. The first kappa shape index (κ1) is 8.41. The number of hydrogen-bond acceptors (Lipinski definition) is 2. The van der Waals surface area contributed by atoms with E-state index in [1.807, 2.05) is 6.92 Å². The zero-order chi connectivity index (χ0) is 7.40. The summed E-state index contributed by atoms with van der Waals surface area (Å²) >= 11 is 2.05. The van der Waals surface area contributed by atoms with Crippen molar-refractivity contribution in [3.8, 4) is 0 Å². The Labute approximate surface area is 67.2 Å². The Hall–Kier alpha value is 0.310. The number of thioether (sulfide) groups is 1. The van der Waals surface area contributed by atoms with E-state index >= 15 is 0 Å². The Kier molecular flexibility index (Phi) is 3.57. The van der Waals surface area contributed by atoms with Crippen LogP contribution >= 0.6 is 11.8 Å². The maximum atomic E-state index is 9.01. The van der Waals surface area contributed by atoms with E-state index in [1.54, 1.807) is 0 Å². The highest BCUT2D eigenvalue weighted by molar-refractivity contribution is 7.99. The molecule has 2 unspecified atom stereocenters. The number of rotatable bonds is 3. The first-order valence-electron chi connectivity index (χ1n) is 4.05. The lowest BCUT2D eigenvalue weighted by Gasteiger charge is -2.08. The van der Waals surface area contributed by atoms with E-state index in [1.165, 1.54) is 24.3 Å². The number of aliphatic hydroxyl groups is 1. The van der Waals surface area contributed by atoms with Crippen LogP contribution in [0.2, 0.25) is 0 Å². The minimum Gasteiger partial charge on any atom is -0.393 e. The fourth-order valence-electron chi connectivity index (χ4n) is 1.29. The average molecular weight is 160 g/mol. The summed E-state index contributed by atoms with van der Waals surface area (Å²) in [5, 5.41) is 9.01. The summed E-state index contributed by atoms with van der Waals surface area (Å²) < 4.78 is 0. The van der Waals surface area contributed by atoms with Gasteiger partial charge in [-0.3, -0.25) is 0 Å². The Morgan fingerprint density at radius 2 is 2.50 bits per heavy atom. The van der Waals surface area contributed by atoms with Gasteiger partial charge >= 0.3 is 0 Å². The van der Waals surface area contributed by atoms with Gasteiger partial charge in [-0.1, -0.05) is 0 Å². The van der Waals surface area contributed by atoms with Crippen LogP contribution in [-0.2, 0) is 0 Å². The van der Waals surface area contributed by atoms with Gasteiger partial charge in [0.1, 0.15) is 0 Å². The molecule has 1 aliphatic heterocycles. The third-order valence-electron chi connectivity index (χ3n) is 2.02. The van der Waals surface area contributed by atoms with E-state index in [4.69, 9.17) is 5.11 Å². The van der Waals surface area contributed by atoms with E-state index in [9.17, 15) is 0 Å². The van der Waals surface area contributed by atoms with Gasteiger partial charge in [-0.25, -0.2) is 0 Å². The molecular weight excluding hydrogens is 144 g/mol. The van der Waals surface area contributed by atoms with Crippen molar-refractivity contribution < 1.29 is 5.11 Å². The molecule has 1 N–H and O–H groups in total. The van der Waals surface area contributed by atoms with Crippen LogP contribution in [0.1, 0.15) is 26.2 Å². The summed E-state index contributed by atoms with van der Waals surface area (Å²) in [4.78, 5) is 0. The predicted molar refractivity (Wildman–Crippen MR) is 46.3 cm³/mol. The lowest BCUT2D eigenvalue weighted by molar-refractivity contribution is 0.175. The van der Waals surface area contributed by atoms with Crippen molar-refractivity contribution in [1.82, 2.24) is 0 Å². The third-order valence-corrected chi connectivity index (χ3v) is 3.25. The molecule has 0 bridgehead atoms. The normalized spacial score (nSPS) is 28.8. The highest BCUT2D eigenvalue weighted by Crippen LogP contribution is 2.27. The molecule has 1 nitrogen and oxygen atoms in total. The molecule has 0 aromatic rings. The quantitative estimate of drug-likeness (QED) is 0.680. The van der Waals surface area contributed by atoms with Crippen LogP contribution in [0.3, 0.4) is 0 Å². The molecule has 2 atom stereocenters. The lowest BCUT2D eigenvalue weighted by Crippen LogP contribution is -2.05. The van der Waals surface area contributed by atoms with Gasteiger partial charge in [0.25, 0.3) is 0 Å². The molecule has 0 aliphatic carbocycles. The molecule has 1 aliphatic rings. The molecule has 1 fully saturated rings. The monoisotopic (exact) mass is 160 g/mol. The van der Waals surface area contributed by atoms with Gasteiger partial charge in [-0.05, 0) is 43.6 Å². The summed E-state index contributed by atoms with van der Waals surface area (Å²) in [5.41, 5.74) is 0. The van der Waals surface area contributed by atoms with E-state index < -0.39 is 0 Å². The van der Waals surface area contributed by atoms with Crippen molar-refractivity contribution in [1.29, 1.82) is 0 Å². The van der Waals surface area contributed by atoms with Crippen LogP contribution in [0.25, 0.3) is 0 Å². The highest BCUT2D eigenvalue weighted by Gasteiger charge is 2.15. The SMILES string of the molecule is CC(O)CCC1CCSC1. The van der Waals surface area contributed by atoms with Crippen LogP contribution in [-0.4, -0.2) is 22.7 Å². The van der Waals surface area contributed by atoms with E-state index in [-0.39, 0.29) is 6.10 Å². The number of aliphatic hydroxyl groups excluding tert-OH is 1.